The van der Waals surface area contributed by atoms with Crippen molar-refractivity contribution in [1.29, 1.82) is 0 Å². The molecule has 1 heterocycles. The van der Waals surface area contributed by atoms with Crippen molar-refractivity contribution in [2.24, 2.45) is 11.8 Å². The minimum absolute atomic E-state index is 0.0514. The quantitative estimate of drug-likeness (QED) is 0.827. The molecule has 1 rings (SSSR count). The van der Waals surface area contributed by atoms with Crippen molar-refractivity contribution in [3.63, 3.8) is 0 Å². The Morgan fingerprint density at radius 2 is 1.79 bits per heavy atom. The van der Waals surface area contributed by atoms with Crippen molar-refractivity contribution in [2.75, 3.05) is 18.8 Å². The molecule has 1 saturated heterocycles. The molecule has 19 heavy (non-hydrogen) atoms. The molecule has 6 heteroatoms. The predicted octanol–water partition coefficient (Wildman–Crippen LogP) is 1.21. The maximum atomic E-state index is 12.1. The Labute approximate surface area is 116 Å². The molecule has 0 aromatic rings. The topological polar surface area (TPSA) is 66.5 Å². The molecular formula is C13H26N2O3S. The van der Waals surface area contributed by atoms with Gasteiger partial charge in [0, 0.05) is 25.0 Å². The van der Waals surface area contributed by atoms with Gasteiger partial charge in [0.05, 0.1) is 5.75 Å². The van der Waals surface area contributed by atoms with Crippen LogP contribution in [-0.2, 0) is 14.8 Å². The molecule has 0 aliphatic carbocycles. The predicted molar refractivity (Wildman–Crippen MR) is 76.2 cm³/mol. The first-order valence-corrected chi connectivity index (χ1v) is 8.67. The molecule has 0 bridgehead atoms. The van der Waals surface area contributed by atoms with Crippen LogP contribution in [0.5, 0.6) is 0 Å². The highest BCUT2D eigenvalue weighted by Gasteiger charge is 2.30. The normalized spacial score (nSPS) is 20.5. The van der Waals surface area contributed by atoms with Crippen LogP contribution in [0.4, 0.5) is 0 Å². The van der Waals surface area contributed by atoms with Crippen molar-refractivity contribution in [3.05, 3.63) is 0 Å². The monoisotopic (exact) mass is 290 g/mol. The van der Waals surface area contributed by atoms with Gasteiger partial charge in [0.15, 0.2) is 0 Å². The Morgan fingerprint density at radius 3 is 2.21 bits per heavy atom. The van der Waals surface area contributed by atoms with Crippen LogP contribution >= 0.6 is 0 Å². The van der Waals surface area contributed by atoms with Crippen LogP contribution in [0, 0.1) is 11.8 Å². The van der Waals surface area contributed by atoms with Gasteiger partial charge in [-0.1, -0.05) is 13.8 Å². The molecule has 0 aromatic carbocycles. The zero-order chi connectivity index (χ0) is 14.6. The van der Waals surface area contributed by atoms with Crippen molar-refractivity contribution in [3.8, 4) is 0 Å². The Bertz CT molecular complexity index is 398. The number of nitrogens with zero attached hydrogens (tertiary/aromatic N) is 1. The van der Waals surface area contributed by atoms with E-state index in [1.54, 1.807) is 6.92 Å². The molecule has 0 saturated carbocycles. The highest BCUT2D eigenvalue weighted by atomic mass is 32.2. The highest BCUT2D eigenvalue weighted by molar-refractivity contribution is 7.89. The number of piperidine rings is 1. The minimum Gasteiger partial charge on any atom is -0.353 e. The van der Waals surface area contributed by atoms with Gasteiger partial charge in [-0.3, -0.25) is 4.79 Å². The molecule has 1 aliphatic heterocycles. The van der Waals surface area contributed by atoms with Gasteiger partial charge in [0.1, 0.15) is 0 Å². The molecule has 0 radical (unpaired) electrons. The van der Waals surface area contributed by atoms with Gasteiger partial charge in [-0.15, -0.1) is 0 Å². The number of rotatable bonds is 5. The first-order chi connectivity index (χ1) is 8.77. The van der Waals surface area contributed by atoms with Crippen molar-refractivity contribution in [2.45, 2.75) is 46.6 Å². The molecule has 112 valence electrons. The van der Waals surface area contributed by atoms with E-state index in [1.165, 1.54) is 4.31 Å². The minimum atomic E-state index is -3.11. The summed E-state index contributed by atoms with van der Waals surface area (Å²) in [6.45, 7) is 8.72. The Balaban J connectivity index is 2.48. The zero-order valence-corrected chi connectivity index (χ0v) is 13.2. The third kappa shape index (κ3) is 4.45. The molecule has 1 fully saturated rings. The summed E-state index contributed by atoms with van der Waals surface area (Å²) >= 11 is 0. The molecule has 1 atom stereocenters. The molecule has 1 aliphatic rings. The third-order valence-corrected chi connectivity index (χ3v) is 5.83. The number of carbonyl (C=O) groups excluding carboxylic acids is 1. The molecule has 5 nitrogen and oxygen atoms in total. The zero-order valence-electron chi connectivity index (χ0n) is 12.3. The van der Waals surface area contributed by atoms with Crippen LogP contribution in [0.15, 0.2) is 0 Å². The average molecular weight is 290 g/mol. The lowest BCUT2D eigenvalue weighted by Crippen LogP contribution is -2.46. The lowest BCUT2D eigenvalue weighted by atomic mass is 9.96. The van der Waals surface area contributed by atoms with E-state index in [-0.39, 0.29) is 23.6 Å². The first kappa shape index (κ1) is 16.4. The second-order valence-electron chi connectivity index (χ2n) is 5.62. The van der Waals surface area contributed by atoms with Gasteiger partial charge < -0.3 is 5.32 Å². The van der Waals surface area contributed by atoms with E-state index in [4.69, 9.17) is 0 Å². The second-order valence-corrected chi connectivity index (χ2v) is 7.87. The van der Waals surface area contributed by atoms with Crippen LogP contribution in [0.25, 0.3) is 0 Å². The van der Waals surface area contributed by atoms with Crippen molar-refractivity contribution in [1.82, 2.24) is 9.62 Å². The molecule has 1 N–H and O–H groups in total. The van der Waals surface area contributed by atoms with E-state index in [1.807, 2.05) is 6.92 Å². The standard InChI is InChI=1S/C13H26N2O3S/c1-5-19(17,18)15-8-6-12(7-9-15)13(16)14-11(4)10(2)3/h10-12H,5-9H2,1-4H3,(H,14,16)/t11-/m0/s1. The number of hydrogen-bond acceptors (Lipinski definition) is 3. The third-order valence-electron chi connectivity index (χ3n) is 3.95. The number of hydrogen-bond donors (Lipinski definition) is 1. The molecular weight excluding hydrogens is 264 g/mol. The fourth-order valence-electron chi connectivity index (χ4n) is 2.09. The summed E-state index contributed by atoms with van der Waals surface area (Å²) in [6.07, 6.45) is 1.24. The van der Waals surface area contributed by atoms with Crippen LogP contribution in [0.1, 0.15) is 40.5 Å². The van der Waals surface area contributed by atoms with Crippen molar-refractivity contribution >= 4 is 15.9 Å². The Morgan fingerprint density at radius 1 is 1.26 bits per heavy atom. The lowest BCUT2D eigenvalue weighted by molar-refractivity contribution is -0.127. The molecule has 0 unspecified atom stereocenters. The molecule has 0 aromatic heterocycles. The molecule has 1 amide bonds. The maximum absolute atomic E-state index is 12.1. The van der Waals surface area contributed by atoms with Gasteiger partial charge in [0.25, 0.3) is 0 Å². The summed E-state index contributed by atoms with van der Waals surface area (Å²) in [5.41, 5.74) is 0. The SMILES string of the molecule is CCS(=O)(=O)N1CCC(C(=O)N[C@@H](C)C(C)C)CC1. The largest absolute Gasteiger partial charge is 0.353 e. The van der Waals surface area contributed by atoms with E-state index >= 15 is 0 Å². The second kappa shape index (κ2) is 6.70. The smallest absolute Gasteiger partial charge is 0.223 e. The van der Waals surface area contributed by atoms with Crippen LogP contribution in [0.2, 0.25) is 0 Å². The average Bonchev–Trinajstić information content (AvgIpc) is 2.38. The Hall–Kier alpha value is -0.620. The lowest BCUT2D eigenvalue weighted by Gasteiger charge is -2.31. The van der Waals surface area contributed by atoms with Crippen LogP contribution < -0.4 is 5.32 Å². The van der Waals surface area contributed by atoms with E-state index in [2.05, 4.69) is 19.2 Å². The van der Waals surface area contributed by atoms with Gasteiger partial charge >= 0.3 is 0 Å². The Kier molecular flexibility index (Phi) is 5.80. The fraction of sp³-hybridized carbons (Fsp3) is 0.923. The summed E-state index contributed by atoms with van der Waals surface area (Å²) in [7, 11) is -3.11. The summed E-state index contributed by atoms with van der Waals surface area (Å²) in [5, 5.41) is 3.01. The first-order valence-electron chi connectivity index (χ1n) is 7.06. The maximum Gasteiger partial charge on any atom is 0.223 e. The van der Waals surface area contributed by atoms with E-state index in [0.717, 1.165) is 0 Å². The van der Waals surface area contributed by atoms with Crippen LogP contribution in [-0.4, -0.2) is 43.5 Å². The van der Waals surface area contributed by atoms with Gasteiger partial charge in [0.2, 0.25) is 15.9 Å². The number of amides is 1. The summed E-state index contributed by atoms with van der Waals surface area (Å²) in [4.78, 5) is 12.1. The van der Waals surface area contributed by atoms with E-state index < -0.39 is 10.0 Å². The van der Waals surface area contributed by atoms with Gasteiger partial charge in [-0.05, 0) is 32.6 Å². The van der Waals surface area contributed by atoms with Gasteiger partial charge in [-0.2, -0.15) is 0 Å². The highest BCUT2D eigenvalue weighted by Crippen LogP contribution is 2.20. The van der Waals surface area contributed by atoms with Gasteiger partial charge in [-0.25, -0.2) is 12.7 Å². The van der Waals surface area contributed by atoms with Crippen molar-refractivity contribution < 1.29 is 13.2 Å². The summed E-state index contributed by atoms with van der Waals surface area (Å²) < 4.78 is 24.9. The summed E-state index contributed by atoms with van der Waals surface area (Å²) in [6, 6.07) is 0.157. The number of nitrogens with one attached hydrogen (secondary N) is 1. The van der Waals surface area contributed by atoms with E-state index in [0.29, 0.717) is 31.8 Å². The van der Waals surface area contributed by atoms with Crippen LogP contribution in [0.3, 0.4) is 0 Å². The van der Waals surface area contributed by atoms with E-state index in [9.17, 15) is 13.2 Å². The molecule has 0 spiro atoms. The summed E-state index contributed by atoms with van der Waals surface area (Å²) in [5.74, 6) is 0.553. The fourth-order valence-corrected chi connectivity index (χ4v) is 3.22. The number of sulfonamides is 1. The number of carbonyl (C=O) groups is 1.